The fraction of sp³-hybridized carbons (Fsp3) is 0.571. The number of halogens is 1. The van der Waals surface area contributed by atoms with Gasteiger partial charge in [-0.1, -0.05) is 6.08 Å². The molecule has 0 fully saturated rings. The maximum Gasteiger partial charge on any atom is 0.330 e. The molecule has 0 aromatic carbocycles. The van der Waals surface area contributed by atoms with Crippen LogP contribution in [-0.4, -0.2) is 30.2 Å². The van der Waals surface area contributed by atoms with E-state index in [4.69, 9.17) is 16.7 Å². The minimum absolute atomic E-state index is 0.172. The van der Waals surface area contributed by atoms with Gasteiger partial charge in [0.1, 0.15) is 0 Å². The highest BCUT2D eigenvalue weighted by atomic mass is 35.5. The van der Waals surface area contributed by atoms with Crippen molar-refractivity contribution in [3.05, 3.63) is 12.2 Å². The molecule has 0 spiro atoms. The van der Waals surface area contributed by atoms with Crippen LogP contribution in [0.3, 0.4) is 0 Å². The zero-order valence-corrected chi connectivity index (χ0v) is 7.04. The van der Waals surface area contributed by atoms with Crippen molar-refractivity contribution in [2.75, 3.05) is 13.0 Å². The predicted molar refractivity (Wildman–Crippen MR) is 42.5 cm³/mol. The Morgan fingerprint density at radius 2 is 2.45 bits per heavy atom. The number of esters is 1. The SMILES string of the molecule is COC(=O)C=CCC(O)CCl. The van der Waals surface area contributed by atoms with Crippen LogP contribution in [0.5, 0.6) is 0 Å². The van der Waals surface area contributed by atoms with E-state index in [-0.39, 0.29) is 5.88 Å². The topological polar surface area (TPSA) is 46.5 Å². The summed E-state index contributed by atoms with van der Waals surface area (Å²) >= 11 is 5.30. The van der Waals surface area contributed by atoms with Crippen LogP contribution in [0.15, 0.2) is 12.2 Å². The Kier molecular flexibility index (Phi) is 5.88. The number of methoxy groups -OCH3 is 1. The van der Waals surface area contributed by atoms with Gasteiger partial charge in [0.2, 0.25) is 0 Å². The number of aliphatic hydroxyl groups is 1. The molecule has 3 nitrogen and oxygen atoms in total. The molecule has 4 heteroatoms. The fourth-order valence-corrected chi connectivity index (χ4v) is 0.578. The van der Waals surface area contributed by atoms with Gasteiger partial charge in [-0.2, -0.15) is 0 Å². The molecule has 0 saturated heterocycles. The molecule has 1 N–H and O–H groups in total. The lowest BCUT2D eigenvalue weighted by atomic mass is 10.3. The molecule has 1 unspecified atom stereocenters. The van der Waals surface area contributed by atoms with E-state index in [9.17, 15) is 4.79 Å². The summed E-state index contributed by atoms with van der Waals surface area (Å²) in [5.74, 6) is -0.252. The quantitative estimate of drug-likeness (QED) is 0.392. The van der Waals surface area contributed by atoms with Gasteiger partial charge in [0.15, 0.2) is 0 Å². The molecule has 0 heterocycles. The smallest absolute Gasteiger partial charge is 0.330 e. The van der Waals surface area contributed by atoms with Gasteiger partial charge >= 0.3 is 5.97 Å². The second-order valence-electron chi connectivity index (χ2n) is 1.97. The summed E-state index contributed by atoms with van der Waals surface area (Å²) in [4.78, 5) is 10.5. The number of carbonyl (C=O) groups excluding carboxylic acids is 1. The monoisotopic (exact) mass is 178 g/mol. The standard InChI is InChI=1S/C7H11ClO3/c1-11-7(10)4-2-3-6(9)5-8/h2,4,6,9H,3,5H2,1H3. The number of alkyl halides is 1. The summed E-state index contributed by atoms with van der Waals surface area (Å²) in [6.07, 6.45) is 2.57. The maximum atomic E-state index is 10.5. The molecule has 0 amide bonds. The average molecular weight is 179 g/mol. The molecular formula is C7H11ClO3. The van der Waals surface area contributed by atoms with Crippen molar-refractivity contribution in [1.29, 1.82) is 0 Å². The van der Waals surface area contributed by atoms with E-state index in [0.29, 0.717) is 6.42 Å². The number of hydrogen-bond donors (Lipinski definition) is 1. The van der Waals surface area contributed by atoms with Gasteiger partial charge in [-0.25, -0.2) is 4.79 Å². The normalized spacial score (nSPS) is 13.4. The van der Waals surface area contributed by atoms with E-state index < -0.39 is 12.1 Å². The number of ether oxygens (including phenoxy) is 1. The van der Waals surface area contributed by atoms with E-state index in [0.717, 1.165) is 0 Å². The highest BCUT2D eigenvalue weighted by Crippen LogP contribution is 1.95. The minimum Gasteiger partial charge on any atom is -0.466 e. The first kappa shape index (κ1) is 10.5. The zero-order chi connectivity index (χ0) is 8.69. The molecule has 0 saturated carbocycles. The molecule has 0 radical (unpaired) electrons. The van der Waals surface area contributed by atoms with E-state index in [2.05, 4.69) is 4.74 Å². The van der Waals surface area contributed by atoms with Crippen LogP contribution in [0.25, 0.3) is 0 Å². The minimum atomic E-state index is -0.586. The van der Waals surface area contributed by atoms with E-state index in [1.54, 1.807) is 0 Å². The fourth-order valence-electron chi connectivity index (χ4n) is 0.452. The Hall–Kier alpha value is -0.540. The van der Waals surface area contributed by atoms with Crippen molar-refractivity contribution >= 4 is 17.6 Å². The number of hydrogen-bond acceptors (Lipinski definition) is 3. The number of rotatable bonds is 4. The first-order valence-electron chi connectivity index (χ1n) is 3.19. The van der Waals surface area contributed by atoms with Crippen molar-refractivity contribution in [2.45, 2.75) is 12.5 Å². The van der Waals surface area contributed by atoms with Crippen LogP contribution >= 0.6 is 11.6 Å². The highest BCUT2D eigenvalue weighted by Gasteiger charge is 1.97. The van der Waals surface area contributed by atoms with Gasteiger partial charge < -0.3 is 9.84 Å². The van der Waals surface area contributed by atoms with Crippen molar-refractivity contribution in [3.8, 4) is 0 Å². The summed E-state index contributed by atoms with van der Waals surface area (Å²) in [7, 11) is 1.30. The van der Waals surface area contributed by atoms with Crippen molar-refractivity contribution in [2.24, 2.45) is 0 Å². The van der Waals surface area contributed by atoms with Gasteiger partial charge in [0.25, 0.3) is 0 Å². The van der Waals surface area contributed by atoms with Crippen molar-refractivity contribution in [3.63, 3.8) is 0 Å². The average Bonchev–Trinajstić information content (AvgIpc) is 2.04. The maximum absolute atomic E-state index is 10.5. The van der Waals surface area contributed by atoms with Gasteiger partial charge in [-0.05, 0) is 6.42 Å². The van der Waals surface area contributed by atoms with Gasteiger partial charge in [0.05, 0.1) is 13.2 Å². The third-order valence-corrected chi connectivity index (χ3v) is 1.40. The molecule has 11 heavy (non-hydrogen) atoms. The summed E-state index contributed by atoms with van der Waals surface area (Å²) in [5.41, 5.74) is 0. The second kappa shape index (κ2) is 6.19. The third kappa shape index (κ3) is 5.88. The molecule has 0 aliphatic carbocycles. The number of aliphatic hydroxyl groups excluding tert-OH is 1. The molecule has 0 aliphatic rings. The summed E-state index contributed by atoms with van der Waals surface area (Å²) in [5, 5.41) is 8.91. The highest BCUT2D eigenvalue weighted by molar-refractivity contribution is 6.18. The van der Waals surface area contributed by atoms with Crippen molar-refractivity contribution in [1.82, 2.24) is 0 Å². The largest absolute Gasteiger partial charge is 0.466 e. The summed E-state index contributed by atoms with van der Waals surface area (Å²) in [6.45, 7) is 0. The van der Waals surface area contributed by atoms with Crippen LogP contribution in [0, 0.1) is 0 Å². The zero-order valence-electron chi connectivity index (χ0n) is 6.29. The Morgan fingerprint density at radius 3 is 2.91 bits per heavy atom. The third-order valence-electron chi connectivity index (χ3n) is 1.04. The molecule has 0 aromatic heterocycles. The van der Waals surface area contributed by atoms with Crippen LogP contribution in [0.2, 0.25) is 0 Å². The van der Waals surface area contributed by atoms with Crippen LogP contribution in [0.4, 0.5) is 0 Å². The van der Waals surface area contributed by atoms with E-state index in [1.165, 1.54) is 19.3 Å². The summed E-state index contributed by atoms with van der Waals surface area (Å²) in [6, 6.07) is 0. The van der Waals surface area contributed by atoms with E-state index in [1.807, 2.05) is 0 Å². The Balaban J connectivity index is 3.51. The molecule has 0 aromatic rings. The molecule has 1 atom stereocenters. The Bertz CT molecular complexity index is 145. The molecule has 64 valence electrons. The molecular weight excluding hydrogens is 168 g/mol. The first-order chi connectivity index (χ1) is 5.20. The van der Waals surface area contributed by atoms with Gasteiger partial charge in [-0.15, -0.1) is 11.6 Å². The lowest BCUT2D eigenvalue weighted by molar-refractivity contribution is -0.134. The second-order valence-corrected chi connectivity index (χ2v) is 2.28. The van der Waals surface area contributed by atoms with E-state index >= 15 is 0 Å². The molecule has 0 rings (SSSR count). The van der Waals surface area contributed by atoms with Crippen LogP contribution < -0.4 is 0 Å². The predicted octanol–water partition coefficient (Wildman–Crippen LogP) is 0.705. The molecule has 0 bridgehead atoms. The van der Waals surface area contributed by atoms with Crippen LogP contribution in [0.1, 0.15) is 6.42 Å². The summed E-state index contributed by atoms with van der Waals surface area (Å²) < 4.78 is 4.33. The lowest BCUT2D eigenvalue weighted by Crippen LogP contribution is -2.06. The first-order valence-corrected chi connectivity index (χ1v) is 3.72. The van der Waals surface area contributed by atoms with Crippen LogP contribution in [-0.2, 0) is 9.53 Å². The molecule has 0 aliphatic heterocycles. The Morgan fingerprint density at radius 1 is 1.82 bits per heavy atom. The lowest BCUT2D eigenvalue weighted by Gasteiger charge is -1.99. The van der Waals surface area contributed by atoms with Gasteiger partial charge in [-0.3, -0.25) is 0 Å². The Labute approximate surface area is 70.6 Å². The van der Waals surface area contributed by atoms with Crippen molar-refractivity contribution < 1.29 is 14.6 Å². The van der Waals surface area contributed by atoms with Gasteiger partial charge in [0, 0.05) is 12.0 Å². The number of carbonyl (C=O) groups is 1.